The van der Waals surface area contributed by atoms with Gasteiger partial charge in [-0.1, -0.05) is 36.4 Å². The van der Waals surface area contributed by atoms with Gasteiger partial charge in [0.2, 0.25) is 15.9 Å². The van der Waals surface area contributed by atoms with Gasteiger partial charge in [0, 0.05) is 13.1 Å². The van der Waals surface area contributed by atoms with E-state index < -0.39 is 27.8 Å². The summed E-state index contributed by atoms with van der Waals surface area (Å²) in [6.07, 6.45) is 2.78. The van der Waals surface area contributed by atoms with Crippen LogP contribution in [0.4, 0.5) is 4.39 Å². The molecule has 7 nitrogen and oxygen atoms in total. The number of amides is 1. The lowest BCUT2D eigenvalue weighted by molar-refractivity contribution is -0.126. The number of halogens is 1. The summed E-state index contributed by atoms with van der Waals surface area (Å²) in [6.45, 7) is 0.398. The molecule has 3 aromatic carbocycles. The number of hydrogen-bond acceptors (Lipinski definition) is 4. The number of piperidine rings is 1. The van der Waals surface area contributed by atoms with Crippen LogP contribution < -0.4 is 5.32 Å². The molecule has 180 valence electrons. The Hall–Kier alpha value is -3.56. The minimum Gasteiger partial charge on any atom is -0.345 e. The number of fused-ring (bicyclic) bond motifs is 1. The number of imidazole rings is 1. The number of aromatic amines is 1. The van der Waals surface area contributed by atoms with Gasteiger partial charge in [0.15, 0.2) is 0 Å². The fourth-order valence-corrected chi connectivity index (χ4v) is 6.05. The van der Waals surface area contributed by atoms with E-state index in [2.05, 4.69) is 15.3 Å². The number of carbonyl (C=O) groups excluding carboxylic acids is 1. The number of nitrogens with one attached hydrogen (secondary N) is 2. The Bertz CT molecular complexity index is 1440. The van der Waals surface area contributed by atoms with Crippen LogP contribution >= 0.6 is 0 Å². The Balaban J connectivity index is 1.38. The Morgan fingerprint density at radius 2 is 1.83 bits per heavy atom. The summed E-state index contributed by atoms with van der Waals surface area (Å²) < 4.78 is 40.8. The largest absolute Gasteiger partial charge is 0.345 e. The molecule has 0 bridgehead atoms. The maximum Gasteiger partial charge on any atom is 0.243 e. The van der Waals surface area contributed by atoms with E-state index in [-0.39, 0.29) is 17.3 Å². The van der Waals surface area contributed by atoms with Crippen molar-refractivity contribution in [1.29, 1.82) is 0 Å². The molecule has 4 aromatic rings. The first-order chi connectivity index (χ1) is 16.9. The van der Waals surface area contributed by atoms with Crippen molar-refractivity contribution in [1.82, 2.24) is 19.6 Å². The highest BCUT2D eigenvalue weighted by atomic mass is 32.2. The van der Waals surface area contributed by atoms with Crippen molar-refractivity contribution in [3.8, 4) is 0 Å². The van der Waals surface area contributed by atoms with Gasteiger partial charge in [-0.15, -0.1) is 0 Å². The van der Waals surface area contributed by atoms with Gasteiger partial charge < -0.3 is 10.3 Å². The van der Waals surface area contributed by atoms with E-state index in [1.807, 2.05) is 48.5 Å². The van der Waals surface area contributed by atoms with Gasteiger partial charge >= 0.3 is 0 Å². The number of rotatable bonds is 6. The molecule has 1 amide bonds. The molecule has 2 atom stereocenters. The smallest absolute Gasteiger partial charge is 0.243 e. The average Bonchev–Trinajstić information content (AvgIpc) is 3.36. The number of aromatic nitrogens is 2. The van der Waals surface area contributed by atoms with Crippen molar-refractivity contribution in [3.63, 3.8) is 0 Å². The zero-order chi connectivity index (χ0) is 24.4. The van der Waals surface area contributed by atoms with Crippen molar-refractivity contribution >= 4 is 27.0 Å². The van der Waals surface area contributed by atoms with E-state index in [1.54, 1.807) is 6.33 Å². The first-order valence-corrected chi connectivity index (χ1v) is 12.9. The maximum absolute atomic E-state index is 13.4. The third kappa shape index (κ3) is 4.82. The van der Waals surface area contributed by atoms with Crippen LogP contribution in [0.15, 0.2) is 84.0 Å². The first-order valence-electron chi connectivity index (χ1n) is 11.5. The molecule has 2 heterocycles. The highest BCUT2D eigenvalue weighted by Crippen LogP contribution is 2.28. The molecule has 0 unspecified atom stereocenters. The summed E-state index contributed by atoms with van der Waals surface area (Å²) in [5, 5.41) is 3.15. The highest BCUT2D eigenvalue weighted by Gasteiger charge is 2.34. The summed E-state index contributed by atoms with van der Waals surface area (Å²) >= 11 is 0. The molecule has 1 aliphatic rings. The quantitative estimate of drug-likeness (QED) is 0.425. The Morgan fingerprint density at radius 1 is 1.06 bits per heavy atom. The second-order valence-electron chi connectivity index (χ2n) is 8.69. The van der Waals surface area contributed by atoms with E-state index >= 15 is 0 Å². The third-order valence-corrected chi connectivity index (χ3v) is 8.28. The fraction of sp³-hybridized carbons (Fsp3) is 0.231. The molecule has 0 radical (unpaired) electrons. The van der Waals surface area contributed by atoms with E-state index in [0.717, 1.165) is 34.3 Å². The Kier molecular flexibility index (Phi) is 6.36. The number of hydrogen-bond donors (Lipinski definition) is 2. The third-order valence-electron chi connectivity index (χ3n) is 6.40. The van der Waals surface area contributed by atoms with E-state index in [0.29, 0.717) is 19.4 Å². The lowest BCUT2D eigenvalue weighted by atomic mass is 9.95. The highest BCUT2D eigenvalue weighted by molar-refractivity contribution is 7.89. The van der Waals surface area contributed by atoms with Crippen LogP contribution in [-0.2, 0) is 14.8 Å². The lowest BCUT2D eigenvalue weighted by Gasteiger charge is -2.32. The van der Waals surface area contributed by atoms with Gasteiger partial charge in [0.05, 0.1) is 34.2 Å². The lowest BCUT2D eigenvalue weighted by Crippen LogP contribution is -2.46. The number of sulfonamides is 1. The molecule has 2 N–H and O–H groups in total. The van der Waals surface area contributed by atoms with E-state index in [9.17, 15) is 17.6 Å². The van der Waals surface area contributed by atoms with Crippen molar-refractivity contribution in [2.75, 3.05) is 13.1 Å². The molecule has 5 rings (SSSR count). The number of nitrogens with zero attached hydrogens (tertiary/aromatic N) is 2. The summed E-state index contributed by atoms with van der Waals surface area (Å²) in [5.41, 5.74) is 3.52. The van der Waals surface area contributed by atoms with Crippen molar-refractivity contribution in [2.24, 2.45) is 5.92 Å². The number of carbonyl (C=O) groups is 1. The predicted octanol–water partition coefficient (Wildman–Crippen LogP) is 4.01. The summed E-state index contributed by atoms with van der Waals surface area (Å²) in [7, 11) is -3.82. The molecule has 9 heteroatoms. The number of benzene rings is 3. The van der Waals surface area contributed by atoms with Gasteiger partial charge in [-0.25, -0.2) is 17.8 Å². The SMILES string of the molecule is O=C(N[C@H](c1ccccc1)c1ccc2nc[nH]c2c1)[C@@H]1CCCN(S(=O)(=O)c2ccc(F)cc2)C1. The van der Waals surface area contributed by atoms with Crippen LogP contribution in [0.5, 0.6) is 0 Å². The van der Waals surface area contributed by atoms with Crippen molar-refractivity contribution in [3.05, 3.63) is 96.1 Å². The predicted molar refractivity (Wildman–Crippen MR) is 130 cm³/mol. The van der Waals surface area contributed by atoms with Crippen LogP contribution in [0.2, 0.25) is 0 Å². The summed E-state index contributed by atoms with van der Waals surface area (Å²) in [6, 6.07) is 19.8. The van der Waals surface area contributed by atoms with Crippen molar-refractivity contribution in [2.45, 2.75) is 23.8 Å². The molecule has 0 aliphatic carbocycles. The van der Waals surface area contributed by atoms with E-state index in [1.165, 1.54) is 16.4 Å². The molecular weight excluding hydrogens is 467 g/mol. The average molecular weight is 493 g/mol. The molecule has 1 fully saturated rings. The molecule has 35 heavy (non-hydrogen) atoms. The minimum atomic E-state index is -3.82. The van der Waals surface area contributed by atoms with Crippen molar-refractivity contribution < 1.29 is 17.6 Å². The van der Waals surface area contributed by atoms with Gasteiger partial charge in [0.25, 0.3) is 0 Å². The topological polar surface area (TPSA) is 95.2 Å². The molecular formula is C26H25FN4O3S. The van der Waals surface area contributed by atoms with Gasteiger partial charge in [-0.05, 0) is 60.4 Å². The summed E-state index contributed by atoms with van der Waals surface area (Å²) in [5.74, 6) is -1.20. The normalized spacial score (nSPS) is 17.8. The van der Waals surface area contributed by atoms with Gasteiger partial charge in [-0.3, -0.25) is 4.79 Å². The summed E-state index contributed by atoms with van der Waals surface area (Å²) in [4.78, 5) is 20.8. The van der Waals surface area contributed by atoms with Crippen LogP contribution in [0.3, 0.4) is 0 Å². The Labute approximate surface area is 203 Å². The second-order valence-corrected chi connectivity index (χ2v) is 10.6. The molecule has 1 aromatic heterocycles. The second kappa shape index (κ2) is 9.59. The van der Waals surface area contributed by atoms with Crippen LogP contribution in [0, 0.1) is 11.7 Å². The van der Waals surface area contributed by atoms with Gasteiger partial charge in [0.1, 0.15) is 5.82 Å². The molecule has 0 spiro atoms. The number of H-pyrrole nitrogens is 1. The Morgan fingerprint density at radius 3 is 2.60 bits per heavy atom. The molecule has 0 saturated carbocycles. The maximum atomic E-state index is 13.4. The fourth-order valence-electron chi connectivity index (χ4n) is 4.53. The zero-order valence-electron chi connectivity index (χ0n) is 18.9. The first kappa shape index (κ1) is 23.2. The van der Waals surface area contributed by atoms with Crippen LogP contribution in [0.1, 0.15) is 30.0 Å². The molecule has 1 saturated heterocycles. The standard InChI is InChI=1S/C26H25FN4O3S/c27-21-9-11-22(12-10-21)35(33,34)31-14-4-7-20(16-31)26(32)30-25(18-5-2-1-3-6-18)19-8-13-23-24(15-19)29-17-28-23/h1-3,5-6,8-13,15,17,20,25H,4,7,14,16H2,(H,28,29)(H,30,32)/t20-,25-/m1/s1. The minimum absolute atomic E-state index is 0.0231. The van der Waals surface area contributed by atoms with Gasteiger partial charge in [-0.2, -0.15) is 4.31 Å². The monoisotopic (exact) mass is 492 g/mol. The zero-order valence-corrected chi connectivity index (χ0v) is 19.7. The van der Waals surface area contributed by atoms with Crippen LogP contribution in [0.25, 0.3) is 11.0 Å². The molecule has 1 aliphatic heterocycles. The van der Waals surface area contributed by atoms with E-state index in [4.69, 9.17) is 0 Å². The van der Waals surface area contributed by atoms with Crippen LogP contribution in [-0.4, -0.2) is 41.7 Å².